The highest BCUT2D eigenvalue weighted by atomic mass is 79.9. The van der Waals surface area contributed by atoms with Crippen LogP contribution in [0, 0.1) is 11.8 Å². The van der Waals surface area contributed by atoms with Crippen molar-refractivity contribution in [1.82, 2.24) is 10.6 Å². The molecule has 0 aliphatic heterocycles. The van der Waals surface area contributed by atoms with Gasteiger partial charge in [-0.05, 0) is 48.7 Å². The predicted molar refractivity (Wildman–Crippen MR) is 98.3 cm³/mol. The Morgan fingerprint density at radius 1 is 1.36 bits per heavy atom. The molecule has 2 N–H and O–H groups in total. The van der Waals surface area contributed by atoms with Crippen LogP contribution in [0.15, 0.2) is 22.7 Å². The highest BCUT2D eigenvalue weighted by molar-refractivity contribution is 9.10. The van der Waals surface area contributed by atoms with Gasteiger partial charge in [-0.15, -0.1) is 0 Å². The number of carbonyl (C=O) groups is 1. The van der Waals surface area contributed by atoms with E-state index in [-0.39, 0.29) is 5.91 Å². The second kappa shape index (κ2) is 7.75. The van der Waals surface area contributed by atoms with Gasteiger partial charge in [0.2, 0.25) is 0 Å². The van der Waals surface area contributed by atoms with Crippen LogP contribution >= 0.6 is 39.7 Å². The van der Waals surface area contributed by atoms with Crippen molar-refractivity contribution in [3.8, 4) is 0 Å². The number of nitrogens with one attached hydrogen (secondary N) is 2. The molecule has 3 atom stereocenters. The zero-order chi connectivity index (χ0) is 16.3. The summed E-state index contributed by atoms with van der Waals surface area (Å²) in [7, 11) is 0. The van der Waals surface area contributed by atoms with E-state index in [0.29, 0.717) is 33.6 Å². The van der Waals surface area contributed by atoms with Crippen molar-refractivity contribution in [3.05, 3.63) is 33.3 Å². The number of thiocarbonyl (C=S) groups is 1. The third-order valence-corrected chi connectivity index (χ3v) is 5.47. The zero-order valence-electron chi connectivity index (χ0n) is 12.7. The molecule has 0 spiro atoms. The standard InChI is InChI=1S/C16H20BrClN2OS/c1-9-4-3-5-14(10(9)2)19-16(22)20-15(21)12-8-11(17)6-7-13(12)18/h6-10,14H,3-5H2,1-2H3,(H2,19,20,21,22). The van der Waals surface area contributed by atoms with Gasteiger partial charge in [-0.2, -0.15) is 0 Å². The predicted octanol–water partition coefficient (Wildman–Crippen LogP) is 4.53. The van der Waals surface area contributed by atoms with Gasteiger partial charge >= 0.3 is 0 Å². The van der Waals surface area contributed by atoms with Crippen LogP contribution < -0.4 is 10.6 Å². The minimum absolute atomic E-state index is 0.291. The topological polar surface area (TPSA) is 41.1 Å². The van der Waals surface area contributed by atoms with Gasteiger partial charge in [0.25, 0.3) is 5.91 Å². The Kier molecular flexibility index (Phi) is 6.24. The van der Waals surface area contributed by atoms with E-state index in [1.165, 1.54) is 12.8 Å². The zero-order valence-corrected chi connectivity index (χ0v) is 15.8. The molecule has 1 saturated carbocycles. The molecular formula is C16H20BrClN2OS. The summed E-state index contributed by atoms with van der Waals surface area (Å²) in [6.07, 6.45) is 3.53. The van der Waals surface area contributed by atoms with Crippen molar-refractivity contribution < 1.29 is 4.79 Å². The molecular weight excluding hydrogens is 384 g/mol. The van der Waals surface area contributed by atoms with Crippen molar-refractivity contribution >= 4 is 50.8 Å². The Morgan fingerprint density at radius 3 is 2.82 bits per heavy atom. The van der Waals surface area contributed by atoms with Gasteiger partial charge in [0.15, 0.2) is 5.11 Å². The summed E-state index contributed by atoms with van der Waals surface area (Å²) in [5.74, 6) is 0.919. The second-order valence-corrected chi connectivity index (χ2v) is 7.66. The highest BCUT2D eigenvalue weighted by Gasteiger charge is 2.27. The molecule has 0 radical (unpaired) electrons. The van der Waals surface area contributed by atoms with E-state index in [4.69, 9.17) is 23.8 Å². The Balaban J connectivity index is 1.97. The van der Waals surface area contributed by atoms with E-state index in [1.807, 2.05) is 0 Å². The quantitative estimate of drug-likeness (QED) is 0.713. The molecule has 120 valence electrons. The molecule has 0 bridgehead atoms. The number of benzene rings is 1. The van der Waals surface area contributed by atoms with E-state index in [0.717, 1.165) is 10.9 Å². The van der Waals surface area contributed by atoms with Gasteiger partial charge in [0.1, 0.15) is 0 Å². The molecule has 1 aromatic rings. The summed E-state index contributed by atoms with van der Waals surface area (Å²) in [6.45, 7) is 4.50. The fourth-order valence-corrected chi connectivity index (χ4v) is 3.64. The molecule has 1 aliphatic carbocycles. The van der Waals surface area contributed by atoms with E-state index < -0.39 is 0 Å². The van der Waals surface area contributed by atoms with Gasteiger partial charge < -0.3 is 5.32 Å². The van der Waals surface area contributed by atoms with Gasteiger partial charge in [-0.3, -0.25) is 10.1 Å². The Labute approximate surface area is 150 Å². The van der Waals surface area contributed by atoms with Gasteiger partial charge in [0, 0.05) is 10.5 Å². The van der Waals surface area contributed by atoms with Crippen LogP contribution in [0.25, 0.3) is 0 Å². The molecule has 22 heavy (non-hydrogen) atoms. The van der Waals surface area contributed by atoms with Gasteiger partial charge in [-0.1, -0.05) is 54.2 Å². The average molecular weight is 404 g/mol. The van der Waals surface area contributed by atoms with E-state index in [2.05, 4.69) is 40.4 Å². The minimum atomic E-state index is -0.291. The van der Waals surface area contributed by atoms with Crippen LogP contribution in [0.3, 0.4) is 0 Å². The van der Waals surface area contributed by atoms with Crippen molar-refractivity contribution in [2.45, 2.75) is 39.2 Å². The summed E-state index contributed by atoms with van der Waals surface area (Å²) in [4.78, 5) is 12.3. The van der Waals surface area contributed by atoms with E-state index in [1.54, 1.807) is 18.2 Å². The number of rotatable bonds is 2. The largest absolute Gasteiger partial charge is 0.359 e. The first-order chi connectivity index (χ1) is 10.4. The van der Waals surface area contributed by atoms with Crippen LogP contribution in [0.4, 0.5) is 0 Å². The minimum Gasteiger partial charge on any atom is -0.359 e. The number of halogens is 2. The monoisotopic (exact) mass is 402 g/mol. The Morgan fingerprint density at radius 2 is 2.09 bits per heavy atom. The van der Waals surface area contributed by atoms with Crippen LogP contribution in [0.1, 0.15) is 43.5 Å². The maximum Gasteiger partial charge on any atom is 0.258 e. The second-order valence-electron chi connectivity index (χ2n) is 5.93. The molecule has 1 aromatic carbocycles. The van der Waals surface area contributed by atoms with Crippen LogP contribution in [-0.4, -0.2) is 17.1 Å². The molecule has 6 heteroatoms. The van der Waals surface area contributed by atoms with Gasteiger partial charge in [0.05, 0.1) is 10.6 Å². The summed E-state index contributed by atoms with van der Waals surface area (Å²) < 4.78 is 0.802. The summed E-state index contributed by atoms with van der Waals surface area (Å²) >= 11 is 14.7. The van der Waals surface area contributed by atoms with Gasteiger partial charge in [-0.25, -0.2) is 0 Å². The normalized spacial score (nSPS) is 24.6. The summed E-state index contributed by atoms with van der Waals surface area (Å²) in [5, 5.41) is 6.77. The lowest BCUT2D eigenvalue weighted by molar-refractivity contribution is 0.0976. The smallest absolute Gasteiger partial charge is 0.258 e. The molecule has 1 amide bonds. The molecule has 1 fully saturated rings. The maximum atomic E-state index is 12.3. The fourth-order valence-electron chi connectivity index (χ4n) is 2.83. The number of amides is 1. The Bertz CT molecular complexity index is 581. The molecule has 3 unspecified atom stereocenters. The SMILES string of the molecule is CC1CCCC(NC(=S)NC(=O)c2cc(Br)ccc2Cl)C1C. The first kappa shape index (κ1) is 17.7. The van der Waals surface area contributed by atoms with E-state index in [9.17, 15) is 4.79 Å². The first-order valence-electron chi connectivity index (χ1n) is 7.45. The third-order valence-electron chi connectivity index (χ3n) is 4.42. The van der Waals surface area contributed by atoms with Crippen LogP contribution in [0.2, 0.25) is 5.02 Å². The number of hydrogen-bond acceptors (Lipinski definition) is 2. The highest BCUT2D eigenvalue weighted by Crippen LogP contribution is 2.29. The first-order valence-corrected chi connectivity index (χ1v) is 9.03. The van der Waals surface area contributed by atoms with Crippen molar-refractivity contribution in [3.63, 3.8) is 0 Å². The molecule has 3 nitrogen and oxygen atoms in total. The number of hydrogen-bond donors (Lipinski definition) is 2. The lowest BCUT2D eigenvalue weighted by Gasteiger charge is -2.35. The van der Waals surface area contributed by atoms with Crippen molar-refractivity contribution in [1.29, 1.82) is 0 Å². The molecule has 0 saturated heterocycles. The third kappa shape index (κ3) is 4.43. The van der Waals surface area contributed by atoms with Crippen molar-refractivity contribution in [2.75, 3.05) is 0 Å². The summed E-state index contributed by atoms with van der Waals surface area (Å²) in [6, 6.07) is 5.48. The molecule has 0 heterocycles. The number of carbonyl (C=O) groups excluding carboxylic acids is 1. The molecule has 1 aliphatic rings. The van der Waals surface area contributed by atoms with Crippen molar-refractivity contribution in [2.24, 2.45) is 11.8 Å². The maximum absolute atomic E-state index is 12.3. The summed E-state index contributed by atoms with van der Waals surface area (Å²) in [5.41, 5.74) is 0.408. The Hall–Kier alpha value is -0.650. The van der Waals surface area contributed by atoms with Crippen LogP contribution in [0.5, 0.6) is 0 Å². The lowest BCUT2D eigenvalue weighted by Crippen LogP contribution is -2.49. The van der Waals surface area contributed by atoms with Crippen LogP contribution in [-0.2, 0) is 0 Å². The molecule has 2 rings (SSSR count). The fraction of sp³-hybridized carbons (Fsp3) is 0.500. The lowest BCUT2D eigenvalue weighted by atomic mass is 9.78. The van der Waals surface area contributed by atoms with E-state index >= 15 is 0 Å². The molecule has 0 aromatic heterocycles. The average Bonchev–Trinajstić information content (AvgIpc) is 2.46.